The summed E-state index contributed by atoms with van der Waals surface area (Å²) in [7, 11) is 0. The molecule has 2 N–H and O–H groups in total. The lowest BCUT2D eigenvalue weighted by atomic mass is 10.1. The molecule has 8 nitrogen and oxygen atoms in total. The van der Waals surface area contributed by atoms with Gasteiger partial charge in [-0.3, -0.25) is 10.1 Å². The number of aromatic nitrogens is 4. The fraction of sp³-hybridized carbons (Fsp3) is 0.0800. The first-order valence-corrected chi connectivity index (χ1v) is 12.9. The molecule has 0 unspecified atom stereocenters. The van der Waals surface area contributed by atoms with E-state index in [9.17, 15) is 4.79 Å². The zero-order valence-electron chi connectivity index (χ0n) is 19.2. The highest BCUT2D eigenvalue weighted by atomic mass is 35.5. The highest BCUT2D eigenvalue weighted by Crippen LogP contribution is 2.29. The van der Waals surface area contributed by atoms with Crippen LogP contribution < -0.4 is 10.6 Å². The Morgan fingerprint density at radius 2 is 1.84 bits per heavy atom. The zero-order valence-corrected chi connectivity index (χ0v) is 22.4. The molecular weight excluding hydrogens is 551 g/mol. The van der Waals surface area contributed by atoms with Gasteiger partial charge in [-0.05, 0) is 61.1 Å². The number of rotatable bonds is 6. The molecule has 0 aliphatic heterocycles. The van der Waals surface area contributed by atoms with Crippen molar-refractivity contribution < 1.29 is 9.21 Å². The number of fused-ring (bicyclic) bond motifs is 1. The van der Waals surface area contributed by atoms with Crippen molar-refractivity contribution >= 4 is 68.8 Å². The van der Waals surface area contributed by atoms with E-state index in [0.29, 0.717) is 28.1 Å². The number of nitrogens with one attached hydrogen (secondary N) is 2. The predicted molar refractivity (Wildman–Crippen MR) is 150 cm³/mol. The first-order chi connectivity index (χ1) is 17.8. The number of carbonyl (C=O) groups excluding carboxylic acids is 1. The monoisotopic (exact) mass is 568 g/mol. The number of nitrogens with zero attached hydrogens (tertiary/aromatic N) is 4. The maximum absolute atomic E-state index is 12.3. The number of hydrogen-bond donors (Lipinski definition) is 2. The van der Waals surface area contributed by atoms with Crippen LogP contribution in [0.2, 0.25) is 10.0 Å². The zero-order chi connectivity index (χ0) is 25.9. The number of amides is 1. The third kappa shape index (κ3) is 6.05. The van der Waals surface area contributed by atoms with Crippen molar-refractivity contribution in [3.63, 3.8) is 0 Å². The van der Waals surface area contributed by atoms with Gasteiger partial charge in [0.15, 0.2) is 10.9 Å². The summed E-state index contributed by atoms with van der Waals surface area (Å²) in [4.78, 5) is 13.0. The van der Waals surface area contributed by atoms with Crippen molar-refractivity contribution in [1.82, 2.24) is 30.4 Å². The molecule has 3 heterocycles. The van der Waals surface area contributed by atoms with Crippen molar-refractivity contribution in [1.29, 1.82) is 0 Å². The molecule has 0 saturated carbocycles. The lowest BCUT2D eigenvalue weighted by molar-refractivity contribution is -0.115. The minimum atomic E-state index is -0.379. The van der Waals surface area contributed by atoms with Crippen molar-refractivity contribution in [3.05, 3.63) is 87.9 Å². The van der Waals surface area contributed by atoms with E-state index in [1.807, 2.05) is 31.2 Å². The van der Waals surface area contributed by atoms with Crippen LogP contribution in [0.1, 0.15) is 17.1 Å². The SMILES string of the molecule is Cc1nnc2sc(-c3ccc(CNC(=S)NC(=O)/C=C/c4ccc(-c5cc(Cl)cc(Cl)c5)o4)cc3)nn12. The predicted octanol–water partition coefficient (Wildman–Crippen LogP) is 5.93. The third-order valence-corrected chi connectivity index (χ3v) is 6.84. The molecule has 5 aromatic rings. The topological polar surface area (TPSA) is 97.3 Å². The van der Waals surface area contributed by atoms with E-state index in [1.165, 1.54) is 17.4 Å². The van der Waals surface area contributed by atoms with Gasteiger partial charge in [-0.15, -0.1) is 10.2 Å². The Balaban J connectivity index is 1.12. The number of benzene rings is 2. The Morgan fingerprint density at radius 1 is 1.08 bits per heavy atom. The van der Waals surface area contributed by atoms with Gasteiger partial charge in [0.2, 0.25) is 10.9 Å². The van der Waals surface area contributed by atoms with Gasteiger partial charge in [0.05, 0.1) is 0 Å². The van der Waals surface area contributed by atoms with Crippen molar-refractivity contribution in [2.75, 3.05) is 0 Å². The second-order valence-electron chi connectivity index (χ2n) is 7.91. The first kappa shape index (κ1) is 25.1. The maximum atomic E-state index is 12.3. The van der Waals surface area contributed by atoms with Gasteiger partial charge in [0.25, 0.3) is 0 Å². The van der Waals surface area contributed by atoms with Crippen LogP contribution in [0, 0.1) is 6.92 Å². The summed E-state index contributed by atoms with van der Waals surface area (Å²) in [6.07, 6.45) is 2.90. The number of furan rings is 1. The molecule has 186 valence electrons. The highest BCUT2D eigenvalue weighted by Gasteiger charge is 2.11. The molecule has 0 aliphatic carbocycles. The lowest BCUT2D eigenvalue weighted by Crippen LogP contribution is -2.37. The molecule has 0 saturated heterocycles. The van der Waals surface area contributed by atoms with E-state index >= 15 is 0 Å². The molecular formula is C25H18Cl2N6O2S2. The summed E-state index contributed by atoms with van der Waals surface area (Å²) < 4.78 is 7.48. The largest absolute Gasteiger partial charge is 0.457 e. The normalized spacial score (nSPS) is 11.3. The second-order valence-corrected chi connectivity index (χ2v) is 10.1. The van der Waals surface area contributed by atoms with Crippen LogP contribution in [0.25, 0.3) is 32.9 Å². The molecule has 3 aromatic heterocycles. The van der Waals surface area contributed by atoms with Gasteiger partial charge >= 0.3 is 0 Å². The lowest BCUT2D eigenvalue weighted by Gasteiger charge is -2.08. The summed E-state index contributed by atoms with van der Waals surface area (Å²) in [5.41, 5.74) is 2.73. The number of thiocarbonyl (C=S) groups is 1. The molecule has 12 heteroatoms. The minimum absolute atomic E-state index is 0.219. The van der Waals surface area contributed by atoms with Crippen molar-refractivity contribution in [2.45, 2.75) is 13.5 Å². The molecule has 0 spiro atoms. The minimum Gasteiger partial charge on any atom is -0.457 e. The van der Waals surface area contributed by atoms with Crippen LogP contribution in [-0.2, 0) is 11.3 Å². The maximum Gasteiger partial charge on any atom is 0.250 e. The molecule has 2 aromatic carbocycles. The van der Waals surface area contributed by atoms with Crippen molar-refractivity contribution in [3.8, 4) is 21.9 Å². The average Bonchev–Trinajstić information content (AvgIpc) is 3.59. The van der Waals surface area contributed by atoms with E-state index in [2.05, 4.69) is 25.9 Å². The Hall–Kier alpha value is -3.57. The first-order valence-electron chi connectivity index (χ1n) is 11.0. The number of hydrogen-bond acceptors (Lipinski definition) is 7. The summed E-state index contributed by atoms with van der Waals surface area (Å²) in [5, 5.41) is 20.4. The van der Waals surface area contributed by atoms with Crippen LogP contribution in [-0.4, -0.2) is 30.8 Å². The fourth-order valence-electron chi connectivity index (χ4n) is 3.43. The Morgan fingerprint density at radius 3 is 2.57 bits per heavy atom. The van der Waals surface area contributed by atoms with Crippen LogP contribution in [0.15, 0.2) is 65.1 Å². The Kier molecular flexibility index (Phi) is 7.33. The van der Waals surface area contributed by atoms with E-state index in [4.69, 9.17) is 39.8 Å². The van der Waals surface area contributed by atoms with Crippen LogP contribution in [0.3, 0.4) is 0 Å². The van der Waals surface area contributed by atoms with Gasteiger partial charge in [-0.2, -0.15) is 9.61 Å². The summed E-state index contributed by atoms with van der Waals surface area (Å²) in [6.45, 7) is 2.32. The number of aryl methyl sites for hydroxylation is 1. The quantitative estimate of drug-likeness (QED) is 0.193. The fourth-order valence-corrected chi connectivity index (χ4v) is 5.02. The summed E-state index contributed by atoms with van der Waals surface area (Å²) in [6, 6.07) is 16.6. The van der Waals surface area contributed by atoms with Gasteiger partial charge in [0.1, 0.15) is 16.5 Å². The summed E-state index contributed by atoms with van der Waals surface area (Å²) >= 11 is 18.8. The Bertz CT molecular complexity index is 1620. The van der Waals surface area contributed by atoms with Crippen LogP contribution in [0.4, 0.5) is 0 Å². The van der Waals surface area contributed by atoms with Gasteiger partial charge in [-0.25, -0.2) is 0 Å². The van der Waals surface area contributed by atoms with E-state index in [1.54, 1.807) is 40.9 Å². The van der Waals surface area contributed by atoms with Crippen LogP contribution >= 0.6 is 46.8 Å². The van der Waals surface area contributed by atoms with Gasteiger partial charge < -0.3 is 9.73 Å². The molecule has 0 aliphatic rings. The van der Waals surface area contributed by atoms with Crippen molar-refractivity contribution in [2.24, 2.45) is 0 Å². The standard InChI is InChI=1S/C25H18Cl2N6O2S2/c1-14-30-31-25-33(14)32-23(37-25)16-4-2-15(3-5-16)13-28-24(36)29-22(34)9-7-20-6-8-21(35-20)17-10-18(26)12-19(27)11-17/h2-12H,13H2,1H3,(H2,28,29,34,36)/b9-7+. The highest BCUT2D eigenvalue weighted by molar-refractivity contribution is 7.80. The molecule has 0 bridgehead atoms. The number of carbonyl (C=O) groups is 1. The Labute approximate surface area is 230 Å². The van der Waals surface area contributed by atoms with Crippen LogP contribution in [0.5, 0.6) is 0 Å². The molecule has 0 atom stereocenters. The molecule has 37 heavy (non-hydrogen) atoms. The molecule has 5 rings (SSSR count). The molecule has 0 radical (unpaired) electrons. The van der Waals surface area contributed by atoms with Gasteiger partial charge in [-0.1, -0.05) is 58.8 Å². The molecule has 1 amide bonds. The summed E-state index contributed by atoms with van der Waals surface area (Å²) in [5.74, 6) is 1.46. The number of halogens is 2. The van der Waals surface area contributed by atoms with E-state index in [-0.39, 0.29) is 11.0 Å². The second kappa shape index (κ2) is 10.8. The van der Waals surface area contributed by atoms with E-state index < -0.39 is 0 Å². The average molecular weight is 569 g/mol. The third-order valence-electron chi connectivity index (χ3n) is 5.21. The van der Waals surface area contributed by atoms with Gasteiger partial charge in [0, 0.05) is 33.8 Å². The smallest absolute Gasteiger partial charge is 0.250 e. The van der Waals surface area contributed by atoms with E-state index in [0.717, 1.165) is 32.5 Å². The molecule has 0 fully saturated rings.